The topological polar surface area (TPSA) is 15.6 Å². The molecule has 0 saturated heterocycles. The molecular weight excluding hydrogens is 160 g/mol. The van der Waals surface area contributed by atoms with Gasteiger partial charge in [0.15, 0.2) is 0 Å². The third-order valence-corrected chi connectivity index (χ3v) is 2.21. The third kappa shape index (κ3) is 2.31. The Balaban J connectivity index is 1.98. The van der Waals surface area contributed by atoms with Crippen LogP contribution in [0.5, 0.6) is 0 Å². The minimum absolute atomic E-state index is 0.990. The maximum atomic E-state index is 4.26. The quantitative estimate of drug-likeness (QED) is 0.668. The van der Waals surface area contributed by atoms with Crippen LogP contribution in [0.1, 0.15) is 12.0 Å². The van der Waals surface area contributed by atoms with Crippen molar-refractivity contribution < 1.29 is 0 Å². The standard InChI is InChI=1S/C11H14N2/c1-2-5-11(6-3-1)9-13-8-4-7-12-10-13/h1-3,5-6,10H,4,7-9H2. The molecule has 2 nitrogen and oxygen atoms in total. The van der Waals surface area contributed by atoms with Gasteiger partial charge in [-0.1, -0.05) is 30.3 Å². The van der Waals surface area contributed by atoms with E-state index in [2.05, 4.69) is 34.2 Å². The van der Waals surface area contributed by atoms with E-state index in [0.29, 0.717) is 0 Å². The monoisotopic (exact) mass is 174 g/mol. The van der Waals surface area contributed by atoms with Gasteiger partial charge < -0.3 is 4.90 Å². The van der Waals surface area contributed by atoms with Crippen molar-refractivity contribution in [2.24, 2.45) is 4.99 Å². The summed E-state index contributed by atoms with van der Waals surface area (Å²) in [5.74, 6) is 0. The minimum Gasteiger partial charge on any atom is -0.359 e. The molecule has 1 aromatic carbocycles. The lowest BCUT2D eigenvalue weighted by atomic mass is 10.2. The van der Waals surface area contributed by atoms with E-state index in [4.69, 9.17) is 0 Å². The van der Waals surface area contributed by atoms with Gasteiger partial charge in [0.25, 0.3) is 0 Å². The van der Waals surface area contributed by atoms with Crippen LogP contribution in [0.4, 0.5) is 0 Å². The van der Waals surface area contributed by atoms with Crippen molar-refractivity contribution in [2.75, 3.05) is 13.1 Å². The Bertz CT molecular complexity index is 279. The number of rotatable bonds is 2. The molecule has 0 aliphatic carbocycles. The summed E-state index contributed by atoms with van der Waals surface area (Å²) >= 11 is 0. The van der Waals surface area contributed by atoms with E-state index in [1.54, 1.807) is 0 Å². The predicted molar refractivity (Wildman–Crippen MR) is 54.8 cm³/mol. The first-order chi connectivity index (χ1) is 6.45. The van der Waals surface area contributed by atoms with Crippen LogP contribution in [-0.4, -0.2) is 24.3 Å². The van der Waals surface area contributed by atoms with E-state index in [1.165, 1.54) is 12.0 Å². The van der Waals surface area contributed by atoms with Gasteiger partial charge in [0, 0.05) is 19.6 Å². The number of aliphatic imine (C=N–C) groups is 1. The Hall–Kier alpha value is -1.31. The molecule has 0 spiro atoms. The maximum absolute atomic E-state index is 4.26. The highest BCUT2D eigenvalue weighted by molar-refractivity contribution is 5.55. The molecule has 1 heterocycles. The Morgan fingerprint density at radius 1 is 1.23 bits per heavy atom. The van der Waals surface area contributed by atoms with Crippen molar-refractivity contribution >= 4 is 6.34 Å². The molecule has 0 amide bonds. The smallest absolute Gasteiger partial charge is 0.0852 e. The molecule has 1 aliphatic heterocycles. The van der Waals surface area contributed by atoms with Gasteiger partial charge in [-0.05, 0) is 12.0 Å². The van der Waals surface area contributed by atoms with Gasteiger partial charge in [0.05, 0.1) is 6.34 Å². The van der Waals surface area contributed by atoms with Gasteiger partial charge in [-0.2, -0.15) is 0 Å². The molecule has 0 unspecified atom stereocenters. The molecule has 2 rings (SSSR count). The molecule has 0 bridgehead atoms. The summed E-state index contributed by atoms with van der Waals surface area (Å²) < 4.78 is 0. The molecule has 2 heteroatoms. The summed E-state index contributed by atoms with van der Waals surface area (Å²) in [6.07, 6.45) is 3.15. The average molecular weight is 174 g/mol. The van der Waals surface area contributed by atoms with E-state index < -0.39 is 0 Å². The SMILES string of the molecule is C1=NCCCN1Cc1ccccc1. The largest absolute Gasteiger partial charge is 0.359 e. The van der Waals surface area contributed by atoms with Gasteiger partial charge in [0.2, 0.25) is 0 Å². The zero-order chi connectivity index (χ0) is 8.93. The summed E-state index contributed by atoms with van der Waals surface area (Å²) in [6, 6.07) is 10.5. The Morgan fingerprint density at radius 2 is 2.08 bits per heavy atom. The molecule has 1 aliphatic rings. The number of hydrogen-bond donors (Lipinski definition) is 0. The molecule has 0 radical (unpaired) electrons. The normalized spacial score (nSPS) is 16.2. The maximum Gasteiger partial charge on any atom is 0.0852 e. The lowest BCUT2D eigenvalue weighted by Crippen LogP contribution is -2.26. The van der Waals surface area contributed by atoms with Crippen LogP contribution in [0.25, 0.3) is 0 Å². The Kier molecular flexibility index (Phi) is 2.60. The molecule has 0 N–H and O–H groups in total. The number of nitrogens with zero attached hydrogens (tertiary/aromatic N) is 2. The second kappa shape index (κ2) is 4.08. The summed E-state index contributed by atoms with van der Waals surface area (Å²) in [7, 11) is 0. The number of hydrogen-bond acceptors (Lipinski definition) is 2. The van der Waals surface area contributed by atoms with Crippen molar-refractivity contribution in [1.29, 1.82) is 0 Å². The zero-order valence-corrected chi connectivity index (χ0v) is 7.69. The summed E-state index contributed by atoms with van der Waals surface area (Å²) in [6.45, 7) is 3.12. The molecule has 0 saturated carbocycles. The minimum atomic E-state index is 0.990. The molecule has 13 heavy (non-hydrogen) atoms. The van der Waals surface area contributed by atoms with E-state index >= 15 is 0 Å². The fraction of sp³-hybridized carbons (Fsp3) is 0.364. The van der Waals surface area contributed by atoms with Crippen molar-refractivity contribution in [3.05, 3.63) is 35.9 Å². The third-order valence-electron chi connectivity index (χ3n) is 2.21. The average Bonchev–Trinajstić information content (AvgIpc) is 2.21. The van der Waals surface area contributed by atoms with Crippen molar-refractivity contribution in [3.63, 3.8) is 0 Å². The second-order valence-electron chi connectivity index (χ2n) is 3.33. The van der Waals surface area contributed by atoms with Crippen LogP contribution in [0.3, 0.4) is 0 Å². The molecular formula is C11H14N2. The number of benzene rings is 1. The molecule has 68 valence electrons. The second-order valence-corrected chi connectivity index (χ2v) is 3.33. The van der Waals surface area contributed by atoms with Gasteiger partial charge in [-0.3, -0.25) is 4.99 Å². The van der Waals surface area contributed by atoms with Crippen molar-refractivity contribution in [1.82, 2.24) is 4.90 Å². The van der Waals surface area contributed by atoms with Gasteiger partial charge in [0.1, 0.15) is 0 Å². The first-order valence-electron chi connectivity index (χ1n) is 4.73. The summed E-state index contributed by atoms with van der Waals surface area (Å²) in [5.41, 5.74) is 1.36. The van der Waals surface area contributed by atoms with Crippen LogP contribution in [0.15, 0.2) is 35.3 Å². The van der Waals surface area contributed by atoms with E-state index in [0.717, 1.165) is 19.6 Å². The van der Waals surface area contributed by atoms with Crippen LogP contribution in [0, 0.1) is 0 Å². The highest BCUT2D eigenvalue weighted by atomic mass is 15.2. The van der Waals surface area contributed by atoms with Crippen molar-refractivity contribution in [2.45, 2.75) is 13.0 Å². The van der Waals surface area contributed by atoms with Crippen LogP contribution in [0.2, 0.25) is 0 Å². The van der Waals surface area contributed by atoms with Crippen LogP contribution >= 0.6 is 0 Å². The molecule has 1 aromatic rings. The first kappa shape index (κ1) is 8.30. The lowest BCUT2D eigenvalue weighted by Gasteiger charge is -2.22. The van der Waals surface area contributed by atoms with E-state index in [9.17, 15) is 0 Å². The zero-order valence-electron chi connectivity index (χ0n) is 7.69. The Labute approximate surface area is 78.9 Å². The van der Waals surface area contributed by atoms with Crippen LogP contribution in [-0.2, 0) is 6.54 Å². The lowest BCUT2D eigenvalue weighted by molar-refractivity contribution is 0.401. The molecule has 0 atom stereocenters. The fourth-order valence-electron chi connectivity index (χ4n) is 1.53. The fourth-order valence-corrected chi connectivity index (χ4v) is 1.53. The summed E-state index contributed by atoms with van der Waals surface area (Å²) in [5, 5.41) is 0. The summed E-state index contributed by atoms with van der Waals surface area (Å²) in [4.78, 5) is 6.52. The van der Waals surface area contributed by atoms with E-state index in [-0.39, 0.29) is 0 Å². The highest BCUT2D eigenvalue weighted by Crippen LogP contribution is 2.05. The van der Waals surface area contributed by atoms with Gasteiger partial charge >= 0.3 is 0 Å². The van der Waals surface area contributed by atoms with E-state index in [1.807, 2.05) is 12.4 Å². The molecule has 0 fully saturated rings. The first-order valence-corrected chi connectivity index (χ1v) is 4.73. The Morgan fingerprint density at radius 3 is 2.77 bits per heavy atom. The van der Waals surface area contributed by atoms with Gasteiger partial charge in [-0.15, -0.1) is 0 Å². The van der Waals surface area contributed by atoms with Crippen LogP contribution < -0.4 is 0 Å². The van der Waals surface area contributed by atoms with Gasteiger partial charge in [-0.25, -0.2) is 0 Å². The van der Waals surface area contributed by atoms with Crippen molar-refractivity contribution in [3.8, 4) is 0 Å². The molecule has 0 aromatic heterocycles. The predicted octanol–water partition coefficient (Wildman–Crippen LogP) is 1.92. The highest BCUT2D eigenvalue weighted by Gasteiger charge is 2.03.